The fraction of sp³-hybridized carbons (Fsp3) is 0.941. The maximum absolute atomic E-state index is 11.5. The molecular weight excluding hydrogens is 252 g/mol. The third-order valence-corrected chi connectivity index (χ3v) is 7.21. The van der Waals surface area contributed by atoms with Crippen LogP contribution >= 0.6 is 0 Å². The van der Waals surface area contributed by atoms with Gasteiger partial charge in [0.2, 0.25) is 0 Å². The van der Waals surface area contributed by atoms with E-state index < -0.39 is 5.60 Å². The molecule has 0 unspecified atom stereocenters. The Kier molecular flexibility index (Phi) is 2.72. The Morgan fingerprint density at radius 1 is 1.10 bits per heavy atom. The topological polar surface area (TPSA) is 46.5 Å². The van der Waals surface area contributed by atoms with E-state index in [1.54, 1.807) is 0 Å². The first-order chi connectivity index (χ1) is 9.05. The Bertz CT molecular complexity index is 453. The van der Waals surface area contributed by atoms with Crippen molar-refractivity contribution < 1.29 is 14.6 Å². The van der Waals surface area contributed by atoms with E-state index in [0.717, 1.165) is 32.1 Å². The zero-order chi connectivity index (χ0) is 15.0. The molecule has 0 aromatic heterocycles. The quantitative estimate of drug-likeness (QED) is 0.750. The highest BCUT2D eigenvalue weighted by Crippen LogP contribution is 2.74. The van der Waals surface area contributed by atoms with E-state index >= 15 is 0 Å². The van der Waals surface area contributed by atoms with Crippen molar-refractivity contribution in [3.63, 3.8) is 0 Å². The fourth-order valence-electron chi connectivity index (χ4n) is 6.29. The normalized spacial score (nSPS) is 52.7. The lowest BCUT2D eigenvalue weighted by Crippen LogP contribution is -2.50. The standard InChI is InChI=1S/C17H28O3/c1-11(18)20-15(4)8-9-17-10-13(15)14(2,3)12(17)6-7-16(17,5)19/h12-13,19H,6-10H2,1-5H3/t12-,13+,15+,16-,17+/m0/s1. The third-order valence-electron chi connectivity index (χ3n) is 7.21. The molecule has 114 valence electrons. The summed E-state index contributed by atoms with van der Waals surface area (Å²) in [6, 6.07) is 0. The predicted octanol–water partition coefficient (Wildman–Crippen LogP) is 3.30. The molecule has 0 saturated heterocycles. The zero-order valence-corrected chi connectivity index (χ0v) is 13.5. The maximum atomic E-state index is 11.5. The molecule has 0 aliphatic heterocycles. The number of fused-ring (bicyclic) bond motifs is 1. The van der Waals surface area contributed by atoms with Crippen LogP contribution < -0.4 is 0 Å². The molecule has 5 atom stereocenters. The van der Waals surface area contributed by atoms with Gasteiger partial charge in [0, 0.05) is 18.3 Å². The minimum Gasteiger partial charge on any atom is -0.459 e. The molecule has 3 heteroatoms. The molecule has 2 bridgehead atoms. The van der Waals surface area contributed by atoms with Gasteiger partial charge in [0.25, 0.3) is 0 Å². The lowest BCUT2D eigenvalue weighted by molar-refractivity contribution is -0.174. The Hall–Kier alpha value is -0.570. The number of carbonyl (C=O) groups is 1. The summed E-state index contributed by atoms with van der Waals surface area (Å²) in [4.78, 5) is 11.5. The van der Waals surface area contributed by atoms with Crippen LogP contribution in [0.4, 0.5) is 0 Å². The number of hydrogen-bond acceptors (Lipinski definition) is 3. The number of ether oxygens (including phenoxy) is 1. The van der Waals surface area contributed by atoms with E-state index in [1.165, 1.54) is 6.92 Å². The molecule has 1 spiro atoms. The van der Waals surface area contributed by atoms with Crippen molar-refractivity contribution >= 4 is 5.97 Å². The minimum atomic E-state index is -0.554. The van der Waals surface area contributed by atoms with Gasteiger partial charge in [-0.25, -0.2) is 0 Å². The Morgan fingerprint density at radius 2 is 1.75 bits per heavy atom. The molecule has 0 aromatic rings. The van der Waals surface area contributed by atoms with E-state index in [9.17, 15) is 9.90 Å². The summed E-state index contributed by atoms with van der Waals surface area (Å²) in [5, 5.41) is 10.9. The molecule has 3 nitrogen and oxygen atoms in total. The summed E-state index contributed by atoms with van der Waals surface area (Å²) in [5.41, 5.74) is -0.746. The number of esters is 1. The highest BCUT2D eigenvalue weighted by Gasteiger charge is 2.72. The monoisotopic (exact) mass is 280 g/mol. The van der Waals surface area contributed by atoms with Gasteiger partial charge in [-0.15, -0.1) is 0 Å². The number of aliphatic hydroxyl groups is 1. The Morgan fingerprint density at radius 3 is 2.35 bits per heavy atom. The Labute approximate surface area is 122 Å². The van der Waals surface area contributed by atoms with E-state index in [1.807, 2.05) is 6.92 Å². The highest BCUT2D eigenvalue weighted by atomic mass is 16.6. The van der Waals surface area contributed by atoms with Gasteiger partial charge in [-0.3, -0.25) is 4.79 Å². The van der Waals surface area contributed by atoms with E-state index in [-0.39, 0.29) is 22.4 Å². The molecule has 20 heavy (non-hydrogen) atoms. The number of carbonyl (C=O) groups excluding carboxylic acids is 1. The van der Waals surface area contributed by atoms with Gasteiger partial charge >= 0.3 is 5.97 Å². The van der Waals surface area contributed by atoms with Crippen molar-refractivity contribution in [3.8, 4) is 0 Å². The SMILES string of the molecule is CC(=O)O[C@]1(C)CC[C@@]23C[C@@H]1C(C)(C)[C@@H]2CC[C@]3(C)O. The minimum absolute atomic E-state index is 0.0425. The van der Waals surface area contributed by atoms with Crippen molar-refractivity contribution in [2.24, 2.45) is 22.7 Å². The summed E-state index contributed by atoms with van der Waals surface area (Å²) >= 11 is 0. The summed E-state index contributed by atoms with van der Waals surface area (Å²) in [6.45, 7) is 10.3. The average molecular weight is 280 g/mol. The van der Waals surface area contributed by atoms with Crippen LogP contribution in [0.1, 0.15) is 66.7 Å². The molecular formula is C17H28O3. The molecule has 3 aliphatic rings. The molecule has 3 aliphatic carbocycles. The van der Waals surface area contributed by atoms with Gasteiger partial charge in [-0.2, -0.15) is 0 Å². The van der Waals surface area contributed by atoms with E-state index in [2.05, 4.69) is 20.8 Å². The molecule has 0 aromatic carbocycles. The molecule has 0 heterocycles. The lowest BCUT2D eigenvalue weighted by atomic mass is 9.62. The van der Waals surface area contributed by atoms with Crippen molar-refractivity contribution in [1.82, 2.24) is 0 Å². The highest BCUT2D eigenvalue weighted by molar-refractivity contribution is 5.66. The van der Waals surface area contributed by atoms with Crippen LogP contribution in [0.2, 0.25) is 0 Å². The molecule has 1 N–H and O–H groups in total. The van der Waals surface area contributed by atoms with Crippen LogP contribution in [0.25, 0.3) is 0 Å². The van der Waals surface area contributed by atoms with Crippen molar-refractivity contribution in [1.29, 1.82) is 0 Å². The second-order valence-corrected chi connectivity index (χ2v) is 8.51. The van der Waals surface area contributed by atoms with Crippen LogP contribution in [0.15, 0.2) is 0 Å². The van der Waals surface area contributed by atoms with Crippen LogP contribution in [0, 0.1) is 22.7 Å². The molecule has 0 radical (unpaired) electrons. The van der Waals surface area contributed by atoms with E-state index in [4.69, 9.17) is 4.74 Å². The van der Waals surface area contributed by atoms with E-state index in [0.29, 0.717) is 11.8 Å². The van der Waals surface area contributed by atoms with Gasteiger partial charge in [0.15, 0.2) is 0 Å². The first-order valence-corrected chi connectivity index (χ1v) is 7.97. The van der Waals surface area contributed by atoms with Gasteiger partial charge in [0.05, 0.1) is 5.60 Å². The largest absolute Gasteiger partial charge is 0.459 e. The van der Waals surface area contributed by atoms with Crippen molar-refractivity contribution in [3.05, 3.63) is 0 Å². The number of hydrogen-bond donors (Lipinski definition) is 1. The summed E-state index contributed by atoms with van der Waals surface area (Å²) < 4.78 is 5.75. The maximum Gasteiger partial charge on any atom is 0.303 e. The molecule has 3 rings (SSSR count). The Balaban J connectivity index is 2.02. The fourth-order valence-corrected chi connectivity index (χ4v) is 6.29. The molecule has 0 amide bonds. The van der Waals surface area contributed by atoms with Crippen LogP contribution in [0.5, 0.6) is 0 Å². The van der Waals surface area contributed by atoms with Crippen LogP contribution in [-0.4, -0.2) is 22.3 Å². The summed E-state index contributed by atoms with van der Waals surface area (Å²) in [5.74, 6) is 0.722. The zero-order valence-electron chi connectivity index (χ0n) is 13.5. The lowest BCUT2D eigenvalue weighted by Gasteiger charge is -2.48. The van der Waals surface area contributed by atoms with Gasteiger partial charge in [-0.05, 0) is 57.3 Å². The second kappa shape index (κ2) is 3.79. The summed E-state index contributed by atoms with van der Waals surface area (Å²) in [7, 11) is 0. The van der Waals surface area contributed by atoms with Crippen LogP contribution in [-0.2, 0) is 9.53 Å². The van der Waals surface area contributed by atoms with Gasteiger partial charge in [-0.1, -0.05) is 13.8 Å². The summed E-state index contributed by atoms with van der Waals surface area (Å²) in [6.07, 6.45) is 4.88. The van der Waals surface area contributed by atoms with Crippen molar-refractivity contribution in [2.75, 3.05) is 0 Å². The number of rotatable bonds is 1. The average Bonchev–Trinajstić information content (AvgIpc) is 2.65. The molecule has 3 saturated carbocycles. The van der Waals surface area contributed by atoms with Gasteiger partial charge < -0.3 is 9.84 Å². The first-order valence-electron chi connectivity index (χ1n) is 7.97. The third kappa shape index (κ3) is 1.53. The predicted molar refractivity (Wildman–Crippen MR) is 77.1 cm³/mol. The first kappa shape index (κ1) is 14.4. The molecule has 3 fully saturated rings. The second-order valence-electron chi connectivity index (χ2n) is 8.51. The smallest absolute Gasteiger partial charge is 0.303 e. The van der Waals surface area contributed by atoms with Gasteiger partial charge in [0.1, 0.15) is 5.60 Å². The van der Waals surface area contributed by atoms with Crippen molar-refractivity contribution in [2.45, 2.75) is 77.9 Å². The van der Waals surface area contributed by atoms with Crippen LogP contribution in [0.3, 0.4) is 0 Å².